The van der Waals surface area contributed by atoms with Crippen molar-refractivity contribution in [1.82, 2.24) is 10.2 Å². The van der Waals surface area contributed by atoms with E-state index >= 15 is 0 Å². The maximum absolute atomic E-state index is 13.3. The fourth-order valence-electron chi connectivity index (χ4n) is 4.21. The molecule has 1 saturated carbocycles. The van der Waals surface area contributed by atoms with Crippen molar-refractivity contribution >= 4 is 39.5 Å². The molecule has 0 aromatic heterocycles. The van der Waals surface area contributed by atoms with Gasteiger partial charge in [-0.25, -0.2) is 0 Å². The number of hydrogen-bond donors (Lipinski definition) is 1. The molecule has 3 rings (SSSR count). The molecule has 1 unspecified atom stereocenters. The highest BCUT2D eigenvalue weighted by Gasteiger charge is 2.30. The van der Waals surface area contributed by atoms with Gasteiger partial charge < -0.3 is 10.2 Å². The molecule has 6 heteroatoms. The van der Waals surface area contributed by atoms with Gasteiger partial charge in [-0.1, -0.05) is 77.7 Å². The van der Waals surface area contributed by atoms with Crippen LogP contribution >= 0.6 is 27.7 Å². The Kier molecular flexibility index (Phi) is 9.67. The zero-order valence-electron chi connectivity index (χ0n) is 19.0. The van der Waals surface area contributed by atoms with Crippen LogP contribution in [0, 0.1) is 6.92 Å². The summed E-state index contributed by atoms with van der Waals surface area (Å²) in [5, 5.41) is 3.21. The molecule has 32 heavy (non-hydrogen) atoms. The molecule has 0 bridgehead atoms. The fourth-order valence-corrected chi connectivity index (χ4v) is 5.35. The van der Waals surface area contributed by atoms with E-state index in [1.807, 2.05) is 44.2 Å². The highest BCUT2D eigenvalue weighted by Crippen LogP contribution is 2.21. The first-order chi connectivity index (χ1) is 15.5. The number of hydrogen-bond acceptors (Lipinski definition) is 3. The normalized spacial score (nSPS) is 14.8. The van der Waals surface area contributed by atoms with Crippen molar-refractivity contribution in [1.29, 1.82) is 0 Å². The Bertz CT molecular complexity index is 897. The van der Waals surface area contributed by atoms with Crippen LogP contribution in [0.2, 0.25) is 0 Å². The van der Waals surface area contributed by atoms with Crippen molar-refractivity contribution in [2.45, 2.75) is 70.3 Å². The maximum atomic E-state index is 13.3. The summed E-state index contributed by atoms with van der Waals surface area (Å²) in [6.45, 7) is 4.49. The number of aryl methyl sites for hydroxylation is 1. The van der Waals surface area contributed by atoms with Gasteiger partial charge in [-0.05, 0) is 49.4 Å². The molecular weight excluding hydrogens is 484 g/mol. The highest BCUT2D eigenvalue weighted by molar-refractivity contribution is 9.10. The number of benzene rings is 2. The van der Waals surface area contributed by atoms with E-state index in [-0.39, 0.29) is 17.9 Å². The van der Waals surface area contributed by atoms with Crippen LogP contribution in [0.3, 0.4) is 0 Å². The van der Waals surface area contributed by atoms with Gasteiger partial charge in [0, 0.05) is 22.8 Å². The lowest BCUT2D eigenvalue weighted by Gasteiger charge is -2.31. The van der Waals surface area contributed by atoms with Crippen molar-refractivity contribution < 1.29 is 9.59 Å². The minimum atomic E-state index is -0.447. The van der Waals surface area contributed by atoms with Gasteiger partial charge in [0.1, 0.15) is 6.04 Å². The monoisotopic (exact) mass is 516 g/mol. The number of halogens is 1. The number of carbonyl (C=O) groups excluding carboxylic acids is 2. The van der Waals surface area contributed by atoms with Crippen molar-refractivity contribution in [2.75, 3.05) is 5.75 Å². The molecular formula is C26H33BrN2O2S. The van der Waals surface area contributed by atoms with E-state index in [0.29, 0.717) is 18.7 Å². The molecule has 1 N–H and O–H groups in total. The lowest BCUT2D eigenvalue weighted by molar-refractivity contribution is -0.139. The molecule has 2 aromatic rings. The molecule has 2 aromatic carbocycles. The van der Waals surface area contributed by atoms with Gasteiger partial charge in [0.25, 0.3) is 0 Å². The second-order valence-electron chi connectivity index (χ2n) is 8.54. The third kappa shape index (κ3) is 7.38. The molecule has 0 heterocycles. The van der Waals surface area contributed by atoms with Crippen LogP contribution in [0.5, 0.6) is 0 Å². The maximum Gasteiger partial charge on any atom is 0.243 e. The Morgan fingerprint density at radius 3 is 2.50 bits per heavy atom. The SMILES string of the molecule is CCC(C(=O)NC1CCCC1)N(Cc1cccc(C)c1)C(=O)CSCc1ccc(Br)cc1. The molecule has 0 spiro atoms. The van der Waals surface area contributed by atoms with Gasteiger partial charge in [-0.3, -0.25) is 9.59 Å². The zero-order valence-corrected chi connectivity index (χ0v) is 21.4. The Morgan fingerprint density at radius 2 is 1.84 bits per heavy atom. The minimum Gasteiger partial charge on any atom is -0.352 e. The van der Waals surface area contributed by atoms with Gasteiger partial charge in [-0.2, -0.15) is 0 Å². The van der Waals surface area contributed by atoms with Crippen molar-refractivity contribution in [3.05, 3.63) is 69.7 Å². The predicted octanol–water partition coefficient (Wildman–Crippen LogP) is 5.86. The Morgan fingerprint density at radius 1 is 1.12 bits per heavy atom. The second kappa shape index (κ2) is 12.4. The van der Waals surface area contributed by atoms with Gasteiger partial charge in [0.15, 0.2) is 0 Å². The summed E-state index contributed by atoms with van der Waals surface area (Å²) in [5.41, 5.74) is 3.40. The number of nitrogens with zero attached hydrogens (tertiary/aromatic N) is 1. The average molecular weight is 518 g/mol. The molecule has 0 aliphatic heterocycles. The molecule has 1 aliphatic carbocycles. The van der Waals surface area contributed by atoms with Crippen LogP contribution in [-0.2, 0) is 21.9 Å². The number of rotatable bonds is 10. The van der Waals surface area contributed by atoms with Crippen LogP contribution in [-0.4, -0.2) is 34.6 Å². The summed E-state index contributed by atoms with van der Waals surface area (Å²) in [6, 6.07) is 16.1. The molecule has 1 fully saturated rings. The molecule has 1 atom stereocenters. The standard InChI is InChI=1S/C26H33BrN2O2S/c1-3-24(26(31)28-23-9-4-5-10-23)29(16-21-8-6-7-19(2)15-21)25(30)18-32-17-20-11-13-22(27)14-12-20/h6-8,11-15,23-24H,3-5,9-10,16-18H2,1-2H3,(H,28,31). The van der Waals surface area contributed by atoms with E-state index < -0.39 is 6.04 Å². The molecule has 0 radical (unpaired) electrons. The van der Waals surface area contributed by atoms with Crippen molar-refractivity contribution in [2.24, 2.45) is 0 Å². The average Bonchev–Trinajstić information content (AvgIpc) is 3.28. The number of carbonyl (C=O) groups is 2. The zero-order chi connectivity index (χ0) is 22.9. The van der Waals surface area contributed by atoms with Crippen LogP contribution in [0.15, 0.2) is 53.0 Å². The number of thioether (sulfide) groups is 1. The number of nitrogens with one attached hydrogen (secondary N) is 1. The lowest BCUT2D eigenvalue weighted by Crippen LogP contribution is -2.51. The summed E-state index contributed by atoms with van der Waals surface area (Å²) in [7, 11) is 0. The molecule has 2 amide bonds. The summed E-state index contributed by atoms with van der Waals surface area (Å²) in [5.74, 6) is 1.12. The van der Waals surface area contributed by atoms with Crippen molar-refractivity contribution in [3.8, 4) is 0 Å². The van der Waals surface area contributed by atoms with Crippen LogP contribution in [0.1, 0.15) is 55.7 Å². The third-order valence-corrected chi connectivity index (χ3v) is 7.45. The van der Waals surface area contributed by atoms with E-state index in [1.165, 1.54) is 18.4 Å². The van der Waals surface area contributed by atoms with Gasteiger partial charge >= 0.3 is 0 Å². The first-order valence-corrected chi connectivity index (χ1v) is 13.4. The fraction of sp³-hybridized carbons (Fsp3) is 0.462. The largest absolute Gasteiger partial charge is 0.352 e. The van der Waals surface area contributed by atoms with E-state index in [0.717, 1.165) is 34.2 Å². The summed E-state index contributed by atoms with van der Waals surface area (Å²) >= 11 is 5.05. The van der Waals surface area contributed by atoms with E-state index in [2.05, 4.69) is 39.4 Å². The molecule has 4 nitrogen and oxygen atoms in total. The smallest absolute Gasteiger partial charge is 0.243 e. The van der Waals surface area contributed by atoms with Crippen LogP contribution < -0.4 is 5.32 Å². The summed E-state index contributed by atoms with van der Waals surface area (Å²) in [4.78, 5) is 28.3. The van der Waals surface area contributed by atoms with Gasteiger partial charge in [0.2, 0.25) is 11.8 Å². The quantitative estimate of drug-likeness (QED) is 0.430. The topological polar surface area (TPSA) is 49.4 Å². The van der Waals surface area contributed by atoms with Gasteiger partial charge in [0.05, 0.1) is 5.75 Å². The summed E-state index contributed by atoms with van der Waals surface area (Å²) < 4.78 is 1.05. The minimum absolute atomic E-state index is 0.0155. The molecule has 0 saturated heterocycles. The molecule has 1 aliphatic rings. The Balaban J connectivity index is 1.69. The molecule has 172 valence electrons. The van der Waals surface area contributed by atoms with E-state index in [4.69, 9.17) is 0 Å². The number of amides is 2. The Labute approximate surface area is 204 Å². The second-order valence-corrected chi connectivity index (χ2v) is 10.4. The van der Waals surface area contributed by atoms with Crippen molar-refractivity contribution in [3.63, 3.8) is 0 Å². The van der Waals surface area contributed by atoms with E-state index in [1.54, 1.807) is 16.7 Å². The lowest BCUT2D eigenvalue weighted by atomic mass is 10.1. The van der Waals surface area contributed by atoms with E-state index in [9.17, 15) is 9.59 Å². The first-order valence-electron chi connectivity index (χ1n) is 11.4. The predicted molar refractivity (Wildman–Crippen MR) is 137 cm³/mol. The van der Waals surface area contributed by atoms with Crippen LogP contribution in [0.4, 0.5) is 0 Å². The van der Waals surface area contributed by atoms with Gasteiger partial charge in [-0.15, -0.1) is 11.8 Å². The van der Waals surface area contributed by atoms with Crippen LogP contribution in [0.25, 0.3) is 0 Å². The summed E-state index contributed by atoms with van der Waals surface area (Å²) in [6.07, 6.45) is 5.02. The Hall–Kier alpha value is -1.79. The first kappa shape index (κ1) is 24.8. The highest BCUT2D eigenvalue weighted by atomic mass is 79.9. The third-order valence-electron chi connectivity index (χ3n) is 5.93.